The molecular weight excluding hydrogens is 2270 g/mol. The Hall–Kier alpha value is -3.55. The van der Waals surface area contributed by atoms with Gasteiger partial charge in [0.05, 0.1) is 0 Å². The number of hydrogen-bond donors (Lipinski definition) is 0. The number of para-hydroxylation sites is 6. The fourth-order valence-corrected chi connectivity index (χ4v) is 29.4. The van der Waals surface area contributed by atoms with Gasteiger partial charge >= 0.3 is 391 Å². The van der Waals surface area contributed by atoms with Crippen LogP contribution in [0.5, 0.6) is 23.0 Å². The van der Waals surface area contributed by atoms with Crippen LogP contribution < -0.4 is 38.5 Å². The number of hydrogen-bond acceptors (Lipinski definition) is 8. The van der Waals surface area contributed by atoms with Crippen LogP contribution in [0.3, 0.4) is 0 Å². The molecule has 0 N–H and O–H groups in total. The largest absolute Gasteiger partial charge is 0.517 e. The monoisotopic (exact) mass is 2450 g/mol. The SMILES string of the molecule is CC(C)Oc1ccccc1[CH]=[Ru]([Cl])[Cl].CC(C)Oc1ccccc1[CH]=[Ru]([Cl])[Cl].CC(C)Oc1ccccc1[CH]=[Ru]([Cl])[Cl].CC(C)Oc1ccccc1[CH]=[Ru]([Cl])[Cl].CC(C)c1cccc(C(C)C)c1N1[CH-]C2(CCCCC2)CC1(C)C.CCC1(CC)[CH-]N(c2c(C)cc(C)cc2C)C(C)(C)C1.CCC1(CC)[CH-]N(c2c(C)cccc2C(C)C)C(C)(C)C1.Cc1cc(C)c(N2[CH-]C3(CCCCC3)CC2(C)C)c(C)c1. The average molecular weight is 2450 g/mol. The number of aryl methyl sites for hydroxylation is 7. The zero-order chi connectivity index (χ0) is 106. The number of rotatable bonds is 23. The maximum atomic E-state index is 5.82. The van der Waals surface area contributed by atoms with Crippen molar-refractivity contribution >= 4 is 119 Å². The van der Waals surface area contributed by atoms with Crippen molar-refractivity contribution < 1.29 is 73.0 Å². The smallest absolute Gasteiger partial charge is 0.0145 e. The summed E-state index contributed by atoms with van der Waals surface area (Å²) >= 11 is -7.08. The summed E-state index contributed by atoms with van der Waals surface area (Å²) in [6, 6.07) is 54.1. The van der Waals surface area contributed by atoms with Crippen molar-refractivity contribution in [2.24, 2.45) is 21.7 Å². The summed E-state index contributed by atoms with van der Waals surface area (Å²) in [4.78, 5) is 10.4. The van der Waals surface area contributed by atoms with Crippen LogP contribution in [0.4, 0.5) is 22.7 Å². The Kier molecular flexibility index (Phi) is 50.5. The first kappa shape index (κ1) is 125. The van der Waals surface area contributed by atoms with E-state index in [1.54, 1.807) is 0 Å². The molecular formula is C122H176Cl8N4O4Ru4-4. The zero-order valence-electron chi connectivity index (χ0n) is 92.3. The molecule has 6 aliphatic rings. The molecule has 0 radical (unpaired) electrons. The van der Waals surface area contributed by atoms with Gasteiger partial charge in [-0.3, -0.25) is 0 Å². The fourth-order valence-electron chi connectivity index (χ4n) is 22.1. The maximum Gasteiger partial charge on any atom is 0.0145 e. The molecule has 2 aliphatic carbocycles. The summed E-state index contributed by atoms with van der Waals surface area (Å²) in [5.41, 5.74) is 26.5. The Morgan fingerprint density at radius 1 is 0.289 bits per heavy atom. The molecule has 14 rings (SSSR count). The van der Waals surface area contributed by atoms with E-state index in [0.29, 0.717) is 39.4 Å². The molecule has 800 valence electrons. The van der Waals surface area contributed by atoms with Gasteiger partial charge in [-0.05, 0) is 166 Å². The Morgan fingerprint density at radius 2 is 0.521 bits per heavy atom. The molecule has 6 fully saturated rings. The predicted molar refractivity (Wildman–Crippen MR) is 616 cm³/mol. The van der Waals surface area contributed by atoms with Crippen molar-refractivity contribution in [2.45, 2.75) is 408 Å². The number of halogens is 8. The van der Waals surface area contributed by atoms with Crippen LogP contribution in [0, 0.1) is 96.3 Å². The third kappa shape index (κ3) is 36.9. The third-order valence-electron chi connectivity index (χ3n) is 28.2. The predicted octanol–water partition coefficient (Wildman–Crippen LogP) is 38.6. The van der Waals surface area contributed by atoms with E-state index >= 15 is 0 Å². The van der Waals surface area contributed by atoms with Crippen molar-refractivity contribution in [1.29, 1.82) is 0 Å². The van der Waals surface area contributed by atoms with Gasteiger partial charge in [0, 0.05) is 44.9 Å². The normalized spacial score (nSPS) is 17.7. The summed E-state index contributed by atoms with van der Waals surface area (Å²) in [5.74, 6) is 5.08. The fraction of sp³-hybridized carbons (Fsp3) is 0.541. The maximum absolute atomic E-state index is 5.82. The molecule has 2 saturated carbocycles. The molecule has 0 unspecified atom stereocenters. The van der Waals surface area contributed by atoms with Crippen molar-refractivity contribution in [3.05, 3.63) is 262 Å². The van der Waals surface area contributed by atoms with Crippen molar-refractivity contribution in [3.63, 3.8) is 0 Å². The molecule has 4 saturated heterocycles. The van der Waals surface area contributed by atoms with Crippen LogP contribution >= 0.6 is 77.5 Å². The molecule has 0 bridgehead atoms. The molecule has 4 aliphatic heterocycles. The van der Waals surface area contributed by atoms with Gasteiger partial charge in [-0.15, -0.1) is 21.7 Å². The van der Waals surface area contributed by atoms with Crippen molar-refractivity contribution in [2.75, 3.05) is 19.6 Å². The number of anilines is 4. The van der Waals surface area contributed by atoms with E-state index < -0.39 is 54.1 Å². The second-order valence-electron chi connectivity index (χ2n) is 44.7. The second kappa shape index (κ2) is 57.2. The van der Waals surface area contributed by atoms with E-state index in [1.165, 1.54) is 194 Å². The summed E-state index contributed by atoms with van der Waals surface area (Å²) < 4.78 is 30.1. The van der Waals surface area contributed by atoms with Crippen LogP contribution in [0.1, 0.15) is 391 Å². The van der Waals surface area contributed by atoms with Gasteiger partial charge in [-0.2, -0.15) is 0 Å². The number of benzene rings is 8. The first-order valence-electron chi connectivity index (χ1n) is 51.8. The molecule has 0 amide bonds. The molecule has 8 aromatic carbocycles. The Morgan fingerprint density at radius 3 is 0.768 bits per heavy atom. The summed E-state index contributed by atoms with van der Waals surface area (Å²) in [5, 5.41) is 0. The molecule has 0 aromatic heterocycles. The zero-order valence-corrected chi connectivity index (χ0v) is 105. The van der Waals surface area contributed by atoms with Crippen LogP contribution in [-0.4, -0.2) is 65.0 Å². The molecule has 8 nitrogen and oxygen atoms in total. The van der Waals surface area contributed by atoms with Crippen LogP contribution in [0.15, 0.2) is 158 Å². The minimum Gasteiger partial charge on any atom is -0.517 e. The standard InChI is InChI=1S/C23H36N.C20H30N.C20H32N.C19H30N.4C10H12O.8ClH.4Ru/c1-17(2)19-11-10-12-20(18(3)4)21(19)24-16-23(15-22(24,5)6)13-8-7-9-14-23;1-15-11-16(2)18(17(3)12-15)21-14-20(13-19(21,4)5)9-7-6-8-10-20;1-8-20(9-2)13-19(6,7)21(14-20)18-16(5)11-10-12-17(18)15(3)4;1-8-19(9-2)12-18(6,7)20(13-19)17-15(4)10-14(3)11-16(17)5;4*1-8(2)11-10-7-5-4-6-9(10)3;;;;;;;;;;;;/h10-12,16-18H,7-9,13-15H2,1-6H3;11-12,14H,6-10,13H2,1-5H3;10-12,14-15H,8-9,13H2,1-7H3;10-11,13H,8-9,12H2,1-7H3;4*3-8H,1-2H3;8*1H;;;;/q4*-1;;;;;;;;;;;;;4*+2/p-8. The van der Waals surface area contributed by atoms with Gasteiger partial charge in [-0.25, -0.2) is 26.2 Å². The molecule has 2 spiro atoms. The van der Waals surface area contributed by atoms with Crippen LogP contribution in [0.2, 0.25) is 0 Å². The molecule has 0 atom stereocenters. The van der Waals surface area contributed by atoms with E-state index in [9.17, 15) is 0 Å². The minimum atomic E-state index is -1.77. The minimum absolute atomic E-state index is 0.163. The molecule has 20 heteroatoms. The van der Waals surface area contributed by atoms with Gasteiger partial charge in [0.1, 0.15) is 0 Å². The summed E-state index contributed by atoms with van der Waals surface area (Å²) in [7, 11) is 46.5. The first-order chi connectivity index (χ1) is 66.5. The first-order valence-corrected chi connectivity index (χ1v) is 73.7. The van der Waals surface area contributed by atoms with E-state index in [0.717, 1.165) is 45.3 Å². The van der Waals surface area contributed by atoms with Crippen LogP contribution in [0.25, 0.3) is 0 Å². The molecule has 8 aromatic rings. The number of nitrogens with zero attached hydrogens (tertiary/aromatic N) is 4. The second-order valence-corrected chi connectivity index (χ2v) is 67.6. The molecule has 142 heavy (non-hydrogen) atoms. The third-order valence-corrected chi connectivity index (χ3v) is 35.5. The van der Waals surface area contributed by atoms with Gasteiger partial charge in [0.15, 0.2) is 0 Å². The van der Waals surface area contributed by atoms with Gasteiger partial charge in [0.25, 0.3) is 0 Å². The summed E-state index contributed by atoms with van der Waals surface area (Å²) in [6.45, 7) is 84.5. The van der Waals surface area contributed by atoms with E-state index in [-0.39, 0.29) is 46.6 Å². The topological polar surface area (TPSA) is 49.9 Å². The molecule has 4 heterocycles. The van der Waals surface area contributed by atoms with Crippen molar-refractivity contribution in [3.8, 4) is 23.0 Å². The number of ether oxygens (including phenoxy) is 4. The Bertz CT molecular complexity index is 5080. The van der Waals surface area contributed by atoms with Gasteiger partial charge < -0.3 is 19.6 Å². The quantitative estimate of drug-likeness (QED) is 0.0464. The summed E-state index contributed by atoms with van der Waals surface area (Å²) in [6.07, 6.45) is 24.7. The Labute approximate surface area is 916 Å². The van der Waals surface area contributed by atoms with Crippen molar-refractivity contribution in [1.82, 2.24) is 0 Å². The van der Waals surface area contributed by atoms with Gasteiger partial charge in [-0.1, -0.05) is 257 Å². The van der Waals surface area contributed by atoms with Gasteiger partial charge in [0.2, 0.25) is 0 Å². The average Bonchev–Trinajstić information content (AvgIpc) is 1.58. The van der Waals surface area contributed by atoms with E-state index in [1.807, 2.05) is 171 Å². The van der Waals surface area contributed by atoms with E-state index in [2.05, 4.69) is 280 Å². The Balaban J connectivity index is 0.000000222. The van der Waals surface area contributed by atoms with E-state index in [4.69, 9.17) is 96.5 Å². The van der Waals surface area contributed by atoms with Crippen LogP contribution in [-0.2, 0) is 54.1 Å².